The number of hydrogen-bond donors (Lipinski definition) is 2. The molecule has 0 aliphatic rings. The molecule has 0 aromatic heterocycles. The van der Waals surface area contributed by atoms with Gasteiger partial charge in [0.1, 0.15) is 0 Å². The molecule has 0 aliphatic carbocycles. The Balaban J connectivity index is 2.22. The van der Waals surface area contributed by atoms with Crippen LogP contribution in [0.5, 0.6) is 0 Å². The van der Waals surface area contributed by atoms with Gasteiger partial charge in [-0.3, -0.25) is 4.79 Å². The van der Waals surface area contributed by atoms with Crippen molar-refractivity contribution in [2.45, 2.75) is 52.0 Å². The molecule has 0 heterocycles. The smallest absolute Gasteiger partial charge is 0.335 e. The predicted molar refractivity (Wildman–Crippen MR) is 78.6 cm³/mol. The summed E-state index contributed by atoms with van der Waals surface area (Å²) in [7, 11) is 0. The lowest BCUT2D eigenvalue weighted by molar-refractivity contribution is -0.121. The van der Waals surface area contributed by atoms with Gasteiger partial charge >= 0.3 is 5.97 Å². The molecule has 0 radical (unpaired) electrons. The van der Waals surface area contributed by atoms with Crippen LogP contribution in [0.1, 0.15) is 61.4 Å². The molecule has 1 amide bonds. The lowest BCUT2D eigenvalue weighted by Gasteiger charge is -2.06. The van der Waals surface area contributed by atoms with Gasteiger partial charge in [-0.2, -0.15) is 0 Å². The number of unbranched alkanes of at least 4 members (excludes halogenated alkanes) is 4. The van der Waals surface area contributed by atoms with E-state index < -0.39 is 5.97 Å². The molecular formula is C16H23NO3. The molecule has 1 rings (SSSR count). The first-order valence-electron chi connectivity index (χ1n) is 7.22. The van der Waals surface area contributed by atoms with Crippen LogP contribution in [0.4, 0.5) is 0 Å². The molecule has 0 atom stereocenters. The largest absolute Gasteiger partial charge is 0.478 e. The van der Waals surface area contributed by atoms with Crippen molar-refractivity contribution in [3.8, 4) is 0 Å². The van der Waals surface area contributed by atoms with E-state index in [0.717, 1.165) is 18.4 Å². The van der Waals surface area contributed by atoms with E-state index in [9.17, 15) is 9.59 Å². The SMILES string of the molecule is CCCCCCCC(=O)NCc1ccc(C(=O)O)cc1. The average Bonchev–Trinajstić information content (AvgIpc) is 2.45. The standard InChI is InChI=1S/C16H23NO3/c1-2-3-4-5-6-7-15(18)17-12-13-8-10-14(11-9-13)16(19)20/h8-11H,2-7,12H2,1H3,(H,17,18)(H,19,20). The highest BCUT2D eigenvalue weighted by Crippen LogP contribution is 2.06. The Kier molecular flexibility index (Phi) is 7.40. The molecule has 4 nitrogen and oxygen atoms in total. The van der Waals surface area contributed by atoms with Gasteiger partial charge in [0.25, 0.3) is 0 Å². The van der Waals surface area contributed by atoms with Crippen molar-refractivity contribution < 1.29 is 14.7 Å². The summed E-state index contributed by atoms with van der Waals surface area (Å²) in [5.74, 6) is -0.878. The number of rotatable bonds is 9. The summed E-state index contributed by atoms with van der Waals surface area (Å²) in [6.45, 7) is 2.62. The van der Waals surface area contributed by atoms with Crippen molar-refractivity contribution in [2.75, 3.05) is 0 Å². The summed E-state index contributed by atoms with van der Waals surface area (Å²) in [5.41, 5.74) is 1.17. The fraction of sp³-hybridized carbons (Fsp3) is 0.500. The molecule has 1 aromatic carbocycles. The van der Waals surface area contributed by atoms with Crippen molar-refractivity contribution in [3.63, 3.8) is 0 Å². The Labute approximate surface area is 120 Å². The molecule has 2 N–H and O–H groups in total. The third-order valence-electron chi connectivity index (χ3n) is 3.20. The normalized spacial score (nSPS) is 10.2. The number of amides is 1. The maximum Gasteiger partial charge on any atom is 0.335 e. The van der Waals surface area contributed by atoms with Crippen LogP contribution < -0.4 is 5.32 Å². The van der Waals surface area contributed by atoms with Crippen LogP contribution >= 0.6 is 0 Å². The van der Waals surface area contributed by atoms with Crippen LogP contribution in [0.25, 0.3) is 0 Å². The molecule has 1 aromatic rings. The van der Waals surface area contributed by atoms with E-state index in [1.165, 1.54) is 19.3 Å². The first-order chi connectivity index (χ1) is 9.63. The van der Waals surface area contributed by atoms with Gasteiger partial charge in [-0.1, -0.05) is 44.7 Å². The van der Waals surface area contributed by atoms with E-state index in [1.807, 2.05) is 0 Å². The first-order valence-corrected chi connectivity index (χ1v) is 7.22. The quantitative estimate of drug-likeness (QED) is 0.680. The summed E-state index contributed by atoms with van der Waals surface area (Å²) in [5, 5.41) is 11.6. The molecule has 0 bridgehead atoms. The maximum absolute atomic E-state index is 11.6. The summed E-state index contributed by atoms with van der Waals surface area (Å²) in [6.07, 6.45) is 6.24. The summed E-state index contributed by atoms with van der Waals surface area (Å²) in [6, 6.07) is 6.55. The average molecular weight is 277 g/mol. The molecule has 0 spiro atoms. The van der Waals surface area contributed by atoms with E-state index in [-0.39, 0.29) is 11.5 Å². The summed E-state index contributed by atoms with van der Waals surface area (Å²) in [4.78, 5) is 22.3. The van der Waals surface area contributed by atoms with Crippen molar-refractivity contribution in [2.24, 2.45) is 0 Å². The molecule has 20 heavy (non-hydrogen) atoms. The zero-order chi connectivity index (χ0) is 14.8. The van der Waals surface area contributed by atoms with Gasteiger partial charge in [0, 0.05) is 13.0 Å². The second-order valence-corrected chi connectivity index (χ2v) is 4.94. The number of nitrogens with one attached hydrogen (secondary N) is 1. The Morgan fingerprint density at radius 3 is 2.30 bits per heavy atom. The maximum atomic E-state index is 11.6. The summed E-state index contributed by atoms with van der Waals surface area (Å²) >= 11 is 0. The number of carbonyl (C=O) groups is 2. The van der Waals surface area contributed by atoms with E-state index in [4.69, 9.17) is 5.11 Å². The third-order valence-corrected chi connectivity index (χ3v) is 3.20. The molecule has 0 unspecified atom stereocenters. The van der Waals surface area contributed by atoms with Gasteiger partial charge in [0.05, 0.1) is 5.56 Å². The van der Waals surface area contributed by atoms with Gasteiger partial charge in [-0.15, -0.1) is 0 Å². The van der Waals surface area contributed by atoms with E-state index in [2.05, 4.69) is 12.2 Å². The number of carbonyl (C=O) groups excluding carboxylic acids is 1. The topological polar surface area (TPSA) is 66.4 Å². The molecule has 0 fully saturated rings. The minimum Gasteiger partial charge on any atom is -0.478 e. The second-order valence-electron chi connectivity index (χ2n) is 4.94. The highest BCUT2D eigenvalue weighted by molar-refractivity contribution is 5.87. The number of benzene rings is 1. The Hall–Kier alpha value is -1.84. The zero-order valence-corrected chi connectivity index (χ0v) is 12.0. The monoisotopic (exact) mass is 277 g/mol. The minimum atomic E-state index is -0.937. The summed E-state index contributed by atoms with van der Waals surface area (Å²) < 4.78 is 0. The lowest BCUT2D eigenvalue weighted by atomic mass is 10.1. The van der Waals surface area contributed by atoms with Gasteiger partial charge < -0.3 is 10.4 Å². The third kappa shape index (κ3) is 6.36. The van der Waals surface area contributed by atoms with Crippen molar-refractivity contribution in [1.29, 1.82) is 0 Å². The Morgan fingerprint density at radius 2 is 1.70 bits per heavy atom. The predicted octanol–water partition coefficient (Wildman–Crippen LogP) is 3.36. The van der Waals surface area contributed by atoms with Crippen molar-refractivity contribution >= 4 is 11.9 Å². The lowest BCUT2D eigenvalue weighted by Crippen LogP contribution is -2.22. The fourth-order valence-electron chi connectivity index (χ4n) is 1.94. The fourth-order valence-corrected chi connectivity index (χ4v) is 1.94. The zero-order valence-electron chi connectivity index (χ0n) is 12.0. The molecule has 0 saturated carbocycles. The number of carboxylic acids is 1. The molecule has 4 heteroatoms. The molecule has 0 saturated heterocycles. The number of carboxylic acid groups (broad SMARTS) is 1. The van der Waals surface area contributed by atoms with Crippen LogP contribution in [-0.4, -0.2) is 17.0 Å². The second kappa shape index (κ2) is 9.13. The highest BCUT2D eigenvalue weighted by Gasteiger charge is 2.03. The van der Waals surface area contributed by atoms with Gasteiger partial charge in [-0.05, 0) is 24.1 Å². The van der Waals surface area contributed by atoms with Crippen molar-refractivity contribution in [3.05, 3.63) is 35.4 Å². The number of aromatic carboxylic acids is 1. The van der Waals surface area contributed by atoms with Gasteiger partial charge in [0.2, 0.25) is 5.91 Å². The molecule has 0 aliphatic heterocycles. The highest BCUT2D eigenvalue weighted by atomic mass is 16.4. The van der Waals surface area contributed by atoms with E-state index in [0.29, 0.717) is 13.0 Å². The van der Waals surface area contributed by atoms with Gasteiger partial charge in [0.15, 0.2) is 0 Å². The minimum absolute atomic E-state index is 0.0591. The van der Waals surface area contributed by atoms with Crippen molar-refractivity contribution in [1.82, 2.24) is 5.32 Å². The van der Waals surface area contributed by atoms with Gasteiger partial charge in [-0.25, -0.2) is 4.79 Å². The van der Waals surface area contributed by atoms with Crippen LogP contribution in [0.3, 0.4) is 0 Å². The van der Waals surface area contributed by atoms with Crippen LogP contribution in [0.2, 0.25) is 0 Å². The van der Waals surface area contributed by atoms with Crippen LogP contribution in [-0.2, 0) is 11.3 Å². The number of hydrogen-bond acceptors (Lipinski definition) is 2. The van der Waals surface area contributed by atoms with E-state index in [1.54, 1.807) is 24.3 Å². The molecular weight excluding hydrogens is 254 g/mol. The molecule has 110 valence electrons. The Bertz CT molecular complexity index is 426. The van der Waals surface area contributed by atoms with Crippen LogP contribution in [0, 0.1) is 0 Å². The van der Waals surface area contributed by atoms with E-state index >= 15 is 0 Å². The van der Waals surface area contributed by atoms with Crippen LogP contribution in [0.15, 0.2) is 24.3 Å². The Morgan fingerprint density at radius 1 is 1.05 bits per heavy atom. The first kappa shape index (κ1) is 16.2.